The van der Waals surface area contributed by atoms with Gasteiger partial charge in [-0.15, -0.1) is 0 Å². The summed E-state index contributed by atoms with van der Waals surface area (Å²) in [4.78, 5) is 14.8. The van der Waals surface area contributed by atoms with Crippen molar-refractivity contribution in [3.05, 3.63) is 52.7 Å². The first-order chi connectivity index (χ1) is 12.9. The standard InChI is InChI=1S/C19H24F2N4O2/c1-12-17(20)13(10-14(18(12)21)11-16(26)27)5-9-23-6-3-8-24-15-4-2-7-25-19(15)22/h2,4,7,10,23-24H,3,5-6,8-9,11H2,1H3,(H2,22,25)(H,26,27). The predicted molar refractivity (Wildman–Crippen MR) is 101 cm³/mol. The van der Waals surface area contributed by atoms with Gasteiger partial charge in [-0.1, -0.05) is 0 Å². The average Bonchev–Trinajstić information content (AvgIpc) is 2.63. The van der Waals surface area contributed by atoms with Crippen LogP contribution in [0.3, 0.4) is 0 Å². The largest absolute Gasteiger partial charge is 0.481 e. The van der Waals surface area contributed by atoms with Gasteiger partial charge in [-0.2, -0.15) is 0 Å². The summed E-state index contributed by atoms with van der Waals surface area (Å²) in [6, 6.07) is 4.96. The molecule has 5 N–H and O–H groups in total. The topological polar surface area (TPSA) is 100 Å². The van der Waals surface area contributed by atoms with Crippen molar-refractivity contribution in [3.63, 3.8) is 0 Å². The van der Waals surface area contributed by atoms with Crippen molar-refractivity contribution in [2.24, 2.45) is 0 Å². The molecule has 0 amide bonds. The van der Waals surface area contributed by atoms with Crippen LogP contribution in [-0.4, -0.2) is 35.7 Å². The number of carboxylic acid groups (broad SMARTS) is 1. The Morgan fingerprint density at radius 2 is 1.96 bits per heavy atom. The number of pyridine rings is 1. The van der Waals surface area contributed by atoms with Gasteiger partial charge in [-0.05, 0) is 62.2 Å². The number of hydrogen-bond donors (Lipinski definition) is 4. The molecule has 1 aromatic carbocycles. The molecule has 0 fully saturated rings. The van der Waals surface area contributed by atoms with Crippen LogP contribution in [0.4, 0.5) is 20.3 Å². The van der Waals surface area contributed by atoms with Gasteiger partial charge in [0.05, 0.1) is 12.1 Å². The molecule has 27 heavy (non-hydrogen) atoms. The maximum absolute atomic E-state index is 14.2. The quantitative estimate of drug-likeness (QED) is 0.474. The minimum atomic E-state index is -1.15. The molecule has 0 spiro atoms. The Bertz CT molecular complexity index is 800. The van der Waals surface area contributed by atoms with Gasteiger partial charge in [0.2, 0.25) is 0 Å². The fourth-order valence-electron chi connectivity index (χ4n) is 2.74. The van der Waals surface area contributed by atoms with Gasteiger partial charge >= 0.3 is 5.97 Å². The van der Waals surface area contributed by atoms with Gasteiger partial charge in [0.1, 0.15) is 17.5 Å². The molecule has 0 radical (unpaired) electrons. The third kappa shape index (κ3) is 5.89. The number of nitrogens with zero attached hydrogens (tertiary/aromatic N) is 1. The van der Waals surface area contributed by atoms with E-state index in [1.165, 1.54) is 13.0 Å². The van der Waals surface area contributed by atoms with Gasteiger partial charge < -0.3 is 21.5 Å². The summed E-state index contributed by atoms with van der Waals surface area (Å²) in [6.07, 6.45) is 2.34. The Kier molecular flexibility index (Phi) is 7.48. The third-order valence-electron chi connectivity index (χ3n) is 4.17. The maximum Gasteiger partial charge on any atom is 0.307 e. The predicted octanol–water partition coefficient (Wildman–Crippen LogP) is 2.51. The van der Waals surface area contributed by atoms with Crippen molar-refractivity contribution in [2.75, 3.05) is 30.7 Å². The normalized spacial score (nSPS) is 10.8. The van der Waals surface area contributed by atoms with Crippen molar-refractivity contribution < 1.29 is 18.7 Å². The van der Waals surface area contributed by atoms with Crippen LogP contribution in [0.25, 0.3) is 0 Å². The lowest BCUT2D eigenvalue weighted by Gasteiger charge is -2.12. The number of rotatable bonds is 10. The molecule has 0 unspecified atom stereocenters. The van der Waals surface area contributed by atoms with Gasteiger partial charge in [0, 0.05) is 18.3 Å². The molecule has 1 aromatic heterocycles. The fourth-order valence-corrected chi connectivity index (χ4v) is 2.74. The van der Waals surface area contributed by atoms with Gasteiger partial charge in [0.15, 0.2) is 0 Å². The number of nitrogens with two attached hydrogens (primary N) is 1. The van der Waals surface area contributed by atoms with Crippen LogP contribution in [0.1, 0.15) is 23.1 Å². The van der Waals surface area contributed by atoms with E-state index in [4.69, 9.17) is 10.8 Å². The second kappa shape index (κ2) is 9.82. The molecule has 0 aliphatic rings. The summed E-state index contributed by atoms with van der Waals surface area (Å²) >= 11 is 0. The Hall–Kier alpha value is -2.74. The zero-order chi connectivity index (χ0) is 19.8. The third-order valence-corrected chi connectivity index (χ3v) is 4.17. The van der Waals surface area contributed by atoms with Crippen LogP contribution in [0, 0.1) is 18.6 Å². The molecule has 0 atom stereocenters. The molecule has 0 saturated carbocycles. The van der Waals surface area contributed by atoms with E-state index < -0.39 is 24.0 Å². The van der Waals surface area contributed by atoms with Crippen molar-refractivity contribution in [2.45, 2.75) is 26.2 Å². The van der Waals surface area contributed by atoms with Crippen LogP contribution in [0.2, 0.25) is 0 Å². The van der Waals surface area contributed by atoms with E-state index in [2.05, 4.69) is 15.6 Å². The lowest BCUT2D eigenvalue weighted by Crippen LogP contribution is -2.21. The minimum Gasteiger partial charge on any atom is -0.481 e. The highest BCUT2D eigenvalue weighted by molar-refractivity contribution is 5.70. The lowest BCUT2D eigenvalue weighted by molar-refractivity contribution is -0.136. The molecule has 0 saturated heterocycles. The van der Waals surface area contributed by atoms with Gasteiger partial charge in [-0.3, -0.25) is 4.79 Å². The van der Waals surface area contributed by atoms with Crippen LogP contribution >= 0.6 is 0 Å². The van der Waals surface area contributed by atoms with Crippen molar-refractivity contribution in [3.8, 4) is 0 Å². The average molecular weight is 378 g/mol. The molecule has 6 nitrogen and oxygen atoms in total. The van der Waals surface area contributed by atoms with Crippen LogP contribution < -0.4 is 16.4 Å². The number of nitrogens with one attached hydrogen (secondary N) is 2. The molecule has 0 aliphatic heterocycles. The van der Waals surface area contributed by atoms with Crippen LogP contribution in [0.15, 0.2) is 24.4 Å². The van der Waals surface area contributed by atoms with Gasteiger partial charge in [0.25, 0.3) is 0 Å². The summed E-state index contributed by atoms with van der Waals surface area (Å²) in [5.41, 5.74) is 6.71. The Balaban J connectivity index is 1.77. The van der Waals surface area contributed by atoms with Crippen LogP contribution in [-0.2, 0) is 17.6 Å². The number of halogens is 2. The van der Waals surface area contributed by atoms with E-state index in [1.54, 1.807) is 12.3 Å². The summed E-state index contributed by atoms with van der Waals surface area (Å²) < 4.78 is 28.2. The van der Waals surface area contributed by atoms with Crippen molar-refractivity contribution in [1.82, 2.24) is 10.3 Å². The Labute approximate surface area is 156 Å². The highest BCUT2D eigenvalue weighted by Crippen LogP contribution is 2.21. The maximum atomic E-state index is 14.2. The highest BCUT2D eigenvalue weighted by Gasteiger charge is 2.16. The van der Waals surface area contributed by atoms with E-state index >= 15 is 0 Å². The molecule has 2 rings (SSSR count). The number of hydrogen-bond acceptors (Lipinski definition) is 5. The number of carbonyl (C=O) groups is 1. The summed E-state index contributed by atoms with van der Waals surface area (Å²) in [7, 11) is 0. The minimum absolute atomic E-state index is 0.00894. The van der Waals surface area contributed by atoms with Crippen molar-refractivity contribution in [1.29, 1.82) is 0 Å². The number of nitrogen functional groups attached to an aromatic ring is 1. The van der Waals surface area contributed by atoms with Crippen LogP contribution in [0.5, 0.6) is 0 Å². The first-order valence-electron chi connectivity index (χ1n) is 8.73. The summed E-state index contributed by atoms with van der Waals surface area (Å²) in [5, 5.41) is 15.2. The molecule has 2 aromatic rings. The number of anilines is 2. The van der Waals surface area contributed by atoms with Crippen molar-refractivity contribution >= 4 is 17.5 Å². The number of aromatic nitrogens is 1. The number of benzene rings is 1. The molecule has 1 heterocycles. The SMILES string of the molecule is Cc1c(F)c(CCNCCCNc2cccnc2N)cc(CC(=O)O)c1F. The first-order valence-corrected chi connectivity index (χ1v) is 8.73. The molecular weight excluding hydrogens is 354 g/mol. The highest BCUT2D eigenvalue weighted by atomic mass is 19.1. The Morgan fingerprint density at radius 1 is 1.22 bits per heavy atom. The lowest BCUT2D eigenvalue weighted by atomic mass is 10.0. The monoisotopic (exact) mass is 378 g/mol. The zero-order valence-corrected chi connectivity index (χ0v) is 15.2. The molecule has 146 valence electrons. The van der Waals surface area contributed by atoms with Gasteiger partial charge in [-0.25, -0.2) is 13.8 Å². The van der Waals surface area contributed by atoms with E-state index in [0.717, 1.165) is 12.1 Å². The fraction of sp³-hybridized carbons (Fsp3) is 0.368. The molecule has 0 bridgehead atoms. The molecule has 0 aliphatic carbocycles. The summed E-state index contributed by atoms with van der Waals surface area (Å²) in [6.45, 7) is 3.24. The second-order valence-electron chi connectivity index (χ2n) is 6.23. The van der Waals surface area contributed by atoms with E-state index in [-0.39, 0.29) is 11.1 Å². The summed E-state index contributed by atoms with van der Waals surface area (Å²) in [5.74, 6) is -2.10. The second-order valence-corrected chi connectivity index (χ2v) is 6.23. The smallest absolute Gasteiger partial charge is 0.307 e. The number of carboxylic acids is 1. The first kappa shape index (κ1) is 20.6. The van der Waals surface area contributed by atoms with E-state index in [0.29, 0.717) is 37.4 Å². The Morgan fingerprint density at radius 3 is 2.67 bits per heavy atom. The zero-order valence-electron chi connectivity index (χ0n) is 15.2. The van der Waals surface area contributed by atoms with E-state index in [1.807, 2.05) is 6.07 Å². The number of aliphatic carboxylic acids is 1. The molecular formula is C19H24F2N4O2. The van der Waals surface area contributed by atoms with E-state index in [9.17, 15) is 13.6 Å². The molecule has 8 heteroatoms.